The molecule has 0 atom stereocenters. The molecule has 0 unspecified atom stereocenters. The number of benzene rings is 2. The minimum Gasteiger partial charge on any atom is -0.274 e. The highest BCUT2D eigenvalue weighted by Crippen LogP contribution is 2.12. The van der Waals surface area contributed by atoms with E-state index in [-0.39, 0.29) is 5.91 Å². The fourth-order valence-corrected chi connectivity index (χ4v) is 2.17. The Morgan fingerprint density at radius 1 is 1.18 bits per heavy atom. The molecule has 0 spiro atoms. The molecule has 0 aliphatic rings. The molecular formula is C16H16N4O2. The van der Waals surface area contributed by atoms with Crippen LogP contribution in [0.5, 0.6) is 0 Å². The molecule has 0 radical (unpaired) electrons. The molecule has 6 heteroatoms. The average Bonchev–Trinajstić information content (AvgIpc) is 2.96. The summed E-state index contributed by atoms with van der Waals surface area (Å²) in [5, 5.41) is 8.28. The molecule has 1 amide bonds. The summed E-state index contributed by atoms with van der Waals surface area (Å²) in [5.41, 5.74) is 5.83. The van der Waals surface area contributed by atoms with Crippen molar-refractivity contribution < 1.29 is 9.63 Å². The average molecular weight is 296 g/mol. The van der Waals surface area contributed by atoms with E-state index in [9.17, 15) is 4.79 Å². The van der Waals surface area contributed by atoms with Crippen molar-refractivity contribution in [3.8, 4) is 0 Å². The third-order valence-corrected chi connectivity index (χ3v) is 3.28. The van der Waals surface area contributed by atoms with Crippen LogP contribution in [0.15, 0.2) is 48.5 Å². The number of amides is 1. The molecule has 0 bridgehead atoms. The number of carbonyl (C=O) groups is 1. The predicted octanol–water partition coefficient (Wildman–Crippen LogP) is 2.16. The number of carbonyl (C=O) groups excluding carboxylic acids is 1. The van der Waals surface area contributed by atoms with Gasteiger partial charge in [-0.1, -0.05) is 29.5 Å². The third-order valence-electron chi connectivity index (χ3n) is 3.28. The lowest BCUT2D eigenvalue weighted by Crippen LogP contribution is -2.23. The first-order chi connectivity index (χ1) is 10.8. The smallest absolute Gasteiger partial charge is 0.274 e. The van der Waals surface area contributed by atoms with E-state index in [1.165, 1.54) is 0 Å². The van der Waals surface area contributed by atoms with Crippen LogP contribution in [0.4, 0.5) is 0 Å². The first-order valence-electron chi connectivity index (χ1n) is 7.07. The van der Waals surface area contributed by atoms with E-state index in [1.54, 1.807) is 12.1 Å². The molecule has 0 saturated heterocycles. The molecule has 2 aromatic carbocycles. The molecule has 1 heterocycles. The standard InChI is InChI=1S/C16H16N4O2/c1-2-22-18-16(21)13-9-7-12(8-10-13)11-20-15-6-4-3-5-14(15)17-19-20/h3-10H,2,11H2,1H3,(H,18,21). The Balaban J connectivity index is 1.75. The molecule has 22 heavy (non-hydrogen) atoms. The number of nitrogens with zero attached hydrogens (tertiary/aromatic N) is 3. The lowest BCUT2D eigenvalue weighted by atomic mass is 10.1. The van der Waals surface area contributed by atoms with Crippen LogP contribution >= 0.6 is 0 Å². The number of hydrogen-bond acceptors (Lipinski definition) is 4. The Morgan fingerprint density at radius 2 is 1.95 bits per heavy atom. The maximum atomic E-state index is 11.7. The van der Waals surface area contributed by atoms with Crippen molar-refractivity contribution in [2.45, 2.75) is 13.5 Å². The van der Waals surface area contributed by atoms with Crippen LogP contribution < -0.4 is 5.48 Å². The lowest BCUT2D eigenvalue weighted by molar-refractivity contribution is 0.0364. The summed E-state index contributed by atoms with van der Waals surface area (Å²) < 4.78 is 1.84. The SMILES string of the molecule is CCONC(=O)c1ccc(Cn2nnc3ccccc32)cc1. The summed E-state index contributed by atoms with van der Waals surface area (Å²) in [4.78, 5) is 16.6. The van der Waals surface area contributed by atoms with Crippen molar-refractivity contribution in [1.82, 2.24) is 20.5 Å². The zero-order chi connectivity index (χ0) is 15.4. The maximum Gasteiger partial charge on any atom is 0.274 e. The van der Waals surface area contributed by atoms with Crippen molar-refractivity contribution in [1.29, 1.82) is 0 Å². The maximum absolute atomic E-state index is 11.7. The normalized spacial score (nSPS) is 10.8. The Kier molecular flexibility index (Phi) is 4.11. The highest BCUT2D eigenvalue weighted by atomic mass is 16.6. The molecule has 0 aliphatic heterocycles. The van der Waals surface area contributed by atoms with Gasteiger partial charge >= 0.3 is 0 Å². The van der Waals surface area contributed by atoms with E-state index in [4.69, 9.17) is 4.84 Å². The predicted molar refractivity (Wildman–Crippen MR) is 82.2 cm³/mol. The van der Waals surface area contributed by atoms with Gasteiger partial charge in [-0.2, -0.15) is 0 Å². The molecule has 1 N–H and O–H groups in total. The van der Waals surface area contributed by atoms with Crippen LogP contribution in [0.3, 0.4) is 0 Å². The van der Waals surface area contributed by atoms with E-state index in [2.05, 4.69) is 15.8 Å². The van der Waals surface area contributed by atoms with Gasteiger partial charge in [0.25, 0.3) is 5.91 Å². The number of aromatic nitrogens is 3. The first kappa shape index (κ1) is 14.2. The lowest BCUT2D eigenvalue weighted by Gasteiger charge is -2.06. The summed E-state index contributed by atoms with van der Waals surface area (Å²) in [6, 6.07) is 15.1. The van der Waals surface area contributed by atoms with Gasteiger partial charge in [0.15, 0.2) is 0 Å². The van der Waals surface area contributed by atoms with Gasteiger partial charge < -0.3 is 0 Å². The largest absolute Gasteiger partial charge is 0.274 e. The second kappa shape index (κ2) is 6.36. The van der Waals surface area contributed by atoms with Gasteiger partial charge in [0.1, 0.15) is 5.52 Å². The van der Waals surface area contributed by atoms with Crippen molar-refractivity contribution in [2.75, 3.05) is 6.61 Å². The molecule has 0 saturated carbocycles. The Bertz CT molecular complexity index is 780. The monoisotopic (exact) mass is 296 g/mol. The van der Waals surface area contributed by atoms with Crippen LogP contribution in [0, 0.1) is 0 Å². The van der Waals surface area contributed by atoms with Crippen LogP contribution in [-0.4, -0.2) is 27.5 Å². The summed E-state index contributed by atoms with van der Waals surface area (Å²) in [6.45, 7) is 2.85. The van der Waals surface area contributed by atoms with Gasteiger partial charge in [-0.15, -0.1) is 5.10 Å². The number of rotatable bonds is 5. The Hall–Kier alpha value is -2.73. The molecule has 0 fully saturated rings. The molecular weight excluding hydrogens is 280 g/mol. The molecule has 0 aliphatic carbocycles. The van der Waals surface area contributed by atoms with Crippen molar-refractivity contribution in [2.24, 2.45) is 0 Å². The molecule has 112 valence electrons. The molecule has 3 aromatic rings. The topological polar surface area (TPSA) is 69.0 Å². The second-order valence-electron chi connectivity index (χ2n) is 4.80. The summed E-state index contributed by atoms with van der Waals surface area (Å²) >= 11 is 0. The highest BCUT2D eigenvalue weighted by molar-refractivity contribution is 5.93. The van der Waals surface area contributed by atoms with E-state index >= 15 is 0 Å². The fourth-order valence-electron chi connectivity index (χ4n) is 2.17. The number of hydrogen-bond donors (Lipinski definition) is 1. The molecule has 3 rings (SSSR count). The van der Waals surface area contributed by atoms with E-state index in [0.717, 1.165) is 16.6 Å². The van der Waals surface area contributed by atoms with Crippen molar-refractivity contribution >= 4 is 16.9 Å². The van der Waals surface area contributed by atoms with Gasteiger partial charge in [0.2, 0.25) is 0 Å². The number of nitrogens with one attached hydrogen (secondary N) is 1. The van der Waals surface area contributed by atoms with Gasteiger partial charge in [0, 0.05) is 5.56 Å². The van der Waals surface area contributed by atoms with Crippen LogP contribution in [-0.2, 0) is 11.4 Å². The van der Waals surface area contributed by atoms with E-state index in [0.29, 0.717) is 18.7 Å². The van der Waals surface area contributed by atoms with Gasteiger partial charge in [-0.05, 0) is 36.8 Å². The van der Waals surface area contributed by atoms with E-state index in [1.807, 2.05) is 48.0 Å². The summed E-state index contributed by atoms with van der Waals surface area (Å²) in [7, 11) is 0. The first-order valence-corrected chi connectivity index (χ1v) is 7.07. The van der Waals surface area contributed by atoms with Crippen LogP contribution in [0.25, 0.3) is 11.0 Å². The van der Waals surface area contributed by atoms with E-state index < -0.39 is 0 Å². The Morgan fingerprint density at radius 3 is 2.73 bits per heavy atom. The van der Waals surface area contributed by atoms with Crippen molar-refractivity contribution in [3.05, 3.63) is 59.7 Å². The van der Waals surface area contributed by atoms with Gasteiger partial charge in [0.05, 0.1) is 18.7 Å². The fraction of sp³-hybridized carbons (Fsp3) is 0.188. The zero-order valence-corrected chi connectivity index (χ0v) is 12.2. The van der Waals surface area contributed by atoms with Gasteiger partial charge in [-0.3, -0.25) is 9.63 Å². The Labute approximate surface area is 127 Å². The summed E-state index contributed by atoms with van der Waals surface area (Å²) in [6.07, 6.45) is 0. The molecule has 6 nitrogen and oxygen atoms in total. The minimum absolute atomic E-state index is 0.250. The summed E-state index contributed by atoms with van der Waals surface area (Å²) in [5.74, 6) is -0.250. The molecule has 1 aromatic heterocycles. The minimum atomic E-state index is -0.250. The van der Waals surface area contributed by atoms with Crippen LogP contribution in [0.2, 0.25) is 0 Å². The highest BCUT2D eigenvalue weighted by Gasteiger charge is 2.07. The third kappa shape index (κ3) is 2.96. The number of hydroxylamine groups is 1. The van der Waals surface area contributed by atoms with Crippen LogP contribution in [0.1, 0.15) is 22.8 Å². The second-order valence-corrected chi connectivity index (χ2v) is 4.80. The quantitative estimate of drug-likeness (QED) is 0.733. The number of fused-ring (bicyclic) bond motifs is 1. The van der Waals surface area contributed by atoms with Gasteiger partial charge in [-0.25, -0.2) is 10.2 Å². The van der Waals surface area contributed by atoms with Crippen molar-refractivity contribution in [3.63, 3.8) is 0 Å². The number of para-hydroxylation sites is 1. The zero-order valence-electron chi connectivity index (χ0n) is 12.2.